The van der Waals surface area contributed by atoms with Crippen molar-refractivity contribution in [3.05, 3.63) is 30.3 Å². The molecule has 4 heteroatoms. The molecule has 1 aliphatic rings. The number of benzene rings is 1. The first kappa shape index (κ1) is 15.6. The fourth-order valence-electron chi connectivity index (χ4n) is 2.51. The summed E-state index contributed by atoms with van der Waals surface area (Å²) in [6, 6.07) is 10.0. The lowest BCUT2D eigenvalue weighted by atomic mass is 10.1. The molecule has 1 aromatic carbocycles. The molecular formula is C16H24ClNO2. The molecule has 3 nitrogen and oxygen atoms in total. The van der Waals surface area contributed by atoms with Crippen LogP contribution in [0.3, 0.4) is 0 Å². The molecule has 1 saturated heterocycles. The van der Waals surface area contributed by atoms with E-state index < -0.39 is 0 Å². The van der Waals surface area contributed by atoms with E-state index in [0.29, 0.717) is 18.6 Å². The van der Waals surface area contributed by atoms with Crippen LogP contribution in [0.2, 0.25) is 0 Å². The number of ether oxygens (including phenoxy) is 2. The monoisotopic (exact) mass is 297 g/mol. The molecule has 0 aliphatic carbocycles. The van der Waals surface area contributed by atoms with Gasteiger partial charge < -0.3 is 14.4 Å². The highest BCUT2D eigenvalue weighted by Gasteiger charge is 2.18. The number of piperidine rings is 1. The molecule has 0 amide bonds. The Balaban J connectivity index is 1.53. The molecule has 1 aromatic rings. The van der Waals surface area contributed by atoms with Gasteiger partial charge in [-0.3, -0.25) is 0 Å². The third-order valence-electron chi connectivity index (χ3n) is 3.60. The molecule has 0 aromatic heterocycles. The van der Waals surface area contributed by atoms with E-state index in [1.165, 1.54) is 0 Å². The molecule has 0 bridgehead atoms. The third kappa shape index (κ3) is 5.70. The smallest absolute Gasteiger partial charge is 0.119 e. The van der Waals surface area contributed by atoms with Crippen molar-refractivity contribution in [2.24, 2.45) is 0 Å². The molecule has 0 atom stereocenters. The standard InChI is InChI=1S/C16H24ClNO2/c17-9-14-20-16-7-11-18(12-8-16)10-4-13-19-15-5-2-1-3-6-15/h1-3,5-6,16H,4,7-14H2. The van der Waals surface area contributed by atoms with Gasteiger partial charge in [0.25, 0.3) is 0 Å². The SMILES string of the molecule is ClCCOC1CCN(CCCOc2ccccc2)CC1. The minimum Gasteiger partial charge on any atom is -0.494 e. The Kier molecular flexibility index (Phi) is 7.20. The van der Waals surface area contributed by atoms with E-state index in [4.69, 9.17) is 21.1 Å². The van der Waals surface area contributed by atoms with E-state index in [9.17, 15) is 0 Å². The van der Waals surface area contributed by atoms with Gasteiger partial charge in [-0.1, -0.05) is 18.2 Å². The highest BCUT2D eigenvalue weighted by molar-refractivity contribution is 6.17. The second-order valence-corrected chi connectivity index (χ2v) is 5.49. The van der Waals surface area contributed by atoms with Crippen molar-refractivity contribution in [1.82, 2.24) is 4.90 Å². The fraction of sp³-hybridized carbons (Fsp3) is 0.625. The number of para-hydroxylation sites is 1. The van der Waals surface area contributed by atoms with Crippen molar-refractivity contribution >= 4 is 11.6 Å². The van der Waals surface area contributed by atoms with E-state index in [0.717, 1.165) is 51.3 Å². The number of rotatable bonds is 8. The molecule has 2 rings (SSSR count). The van der Waals surface area contributed by atoms with Crippen molar-refractivity contribution in [3.8, 4) is 5.75 Å². The number of likely N-dealkylation sites (tertiary alicyclic amines) is 1. The predicted octanol–water partition coefficient (Wildman–Crippen LogP) is 3.18. The summed E-state index contributed by atoms with van der Waals surface area (Å²) in [6.07, 6.45) is 3.72. The summed E-state index contributed by atoms with van der Waals surface area (Å²) in [5, 5.41) is 0. The maximum Gasteiger partial charge on any atom is 0.119 e. The van der Waals surface area contributed by atoms with Gasteiger partial charge in [-0.25, -0.2) is 0 Å². The molecule has 0 N–H and O–H groups in total. The lowest BCUT2D eigenvalue weighted by Crippen LogP contribution is -2.38. The summed E-state index contributed by atoms with van der Waals surface area (Å²) in [7, 11) is 0. The van der Waals surface area contributed by atoms with E-state index in [1.54, 1.807) is 0 Å². The van der Waals surface area contributed by atoms with Crippen LogP contribution < -0.4 is 4.74 Å². The van der Waals surface area contributed by atoms with Gasteiger partial charge in [0, 0.05) is 25.5 Å². The van der Waals surface area contributed by atoms with E-state index in [2.05, 4.69) is 4.90 Å². The zero-order valence-electron chi connectivity index (χ0n) is 12.0. The van der Waals surface area contributed by atoms with Gasteiger partial charge in [0.1, 0.15) is 5.75 Å². The third-order valence-corrected chi connectivity index (χ3v) is 3.75. The van der Waals surface area contributed by atoms with E-state index in [1.807, 2.05) is 30.3 Å². The maximum atomic E-state index is 5.71. The average Bonchev–Trinajstić information content (AvgIpc) is 2.52. The van der Waals surface area contributed by atoms with Crippen molar-refractivity contribution in [1.29, 1.82) is 0 Å². The first-order chi connectivity index (χ1) is 9.88. The first-order valence-corrected chi connectivity index (χ1v) is 7.99. The van der Waals surface area contributed by atoms with Crippen LogP contribution in [-0.2, 0) is 4.74 Å². The predicted molar refractivity (Wildman–Crippen MR) is 82.7 cm³/mol. The van der Waals surface area contributed by atoms with Gasteiger partial charge in [0.2, 0.25) is 0 Å². The Morgan fingerprint density at radius 2 is 1.85 bits per heavy atom. The van der Waals surface area contributed by atoms with Crippen LogP contribution in [0.4, 0.5) is 0 Å². The van der Waals surface area contributed by atoms with E-state index >= 15 is 0 Å². The minimum absolute atomic E-state index is 0.408. The van der Waals surface area contributed by atoms with Crippen LogP contribution >= 0.6 is 11.6 Å². The molecule has 1 heterocycles. The van der Waals surface area contributed by atoms with Gasteiger partial charge in [0.05, 0.1) is 19.3 Å². The number of hydrogen-bond donors (Lipinski definition) is 0. The Labute approximate surface area is 126 Å². The summed E-state index contributed by atoms with van der Waals surface area (Å²) in [5.41, 5.74) is 0. The van der Waals surface area contributed by atoms with Gasteiger partial charge in [-0.05, 0) is 31.4 Å². The number of nitrogens with zero attached hydrogens (tertiary/aromatic N) is 1. The zero-order chi connectivity index (χ0) is 14.0. The summed E-state index contributed by atoms with van der Waals surface area (Å²) < 4.78 is 11.4. The van der Waals surface area contributed by atoms with Crippen molar-refractivity contribution in [2.75, 3.05) is 38.7 Å². The summed E-state index contributed by atoms with van der Waals surface area (Å²) in [5.74, 6) is 1.55. The summed E-state index contributed by atoms with van der Waals surface area (Å²) in [4.78, 5) is 2.49. The highest BCUT2D eigenvalue weighted by Crippen LogP contribution is 2.14. The maximum absolute atomic E-state index is 5.71. The lowest BCUT2D eigenvalue weighted by Gasteiger charge is -2.31. The van der Waals surface area contributed by atoms with Gasteiger partial charge in [0.15, 0.2) is 0 Å². The molecule has 20 heavy (non-hydrogen) atoms. The molecular weight excluding hydrogens is 274 g/mol. The quantitative estimate of drug-likeness (QED) is 0.543. The number of halogens is 1. The molecule has 0 unspecified atom stereocenters. The fourth-order valence-corrected chi connectivity index (χ4v) is 2.59. The van der Waals surface area contributed by atoms with Gasteiger partial charge in [-0.15, -0.1) is 11.6 Å². The minimum atomic E-state index is 0.408. The molecule has 112 valence electrons. The molecule has 1 fully saturated rings. The topological polar surface area (TPSA) is 21.7 Å². The van der Waals surface area contributed by atoms with Crippen molar-refractivity contribution < 1.29 is 9.47 Å². The second-order valence-electron chi connectivity index (χ2n) is 5.12. The lowest BCUT2D eigenvalue weighted by molar-refractivity contribution is 0.0144. The average molecular weight is 298 g/mol. The number of hydrogen-bond acceptors (Lipinski definition) is 3. The van der Waals surface area contributed by atoms with Crippen LogP contribution in [-0.4, -0.2) is 49.7 Å². The molecule has 0 radical (unpaired) electrons. The normalized spacial score (nSPS) is 17.2. The Bertz CT molecular complexity index is 353. The first-order valence-electron chi connectivity index (χ1n) is 7.46. The molecule has 0 saturated carbocycles. The summed E-state index contributed by atoms with van der Waals surface area (Å²) >= 11 is 5.64. The molecule has 1 aliphatic heterocycles. The van der Waals surface area contributed by atoms with Crippen LogP contribution in [0.1, 0.15) is 19.3 Å². The van der Waals surface area contributed by atoms with Crippen molar-refractivity contribution in [3.63, 3.8) is 0 Å². The Morgan fingerprint density at radius 3 is 2.55 bits per heavy atom. The van der Waals surface area contributed by atoms with Crippen molar-refractivity contribution in [2.45, 2.75) is 25.4 Å². The summed E-state index contributed by atoms with van der Waals surface area (Å²) in [6.45, 7) is 4.81. The highest BCUT2D eigenvalue weighted by atomic mass is 35.5. The van der Waals surface area contributed by atoms with Crippen LogP contribution in [0, 0.1) is 0 Å². The number of alkyl halides is 1. The van der Waals surface area contributed by atoms with Crippen LogP contribution in [0.15, 0.2) is 30.3 Å². The van der Waals surface area contributed by atoms with E-state index in [-0.39, 0.29) is 0 Å². The Morgan fingerprint density at radius 1 is 1.10 bits per heavy atom. The van der Waals surface area contributed by atoms with Gasteiger partial charge >= 0.3 is 0 Å². The largest absolute Gasteiger partial charge is 0.494 e. The second kappa shape index (κ2) is 9.22. The van der Waals surface area contributed by atoms with Crippen LogP contribution in [0.5, 0.6) is 5.75 Å². The Hall–Kier alpha value is -0.770. The molecule has 0 spiro atoms. The zero-order valence-corrected chi connectivity index (χ0v) is 12.7. The van der Waals surface area contributed by atoms with Gasteiger partial charge in [-0.2, -0.15) is 0 Å². The van der Waals surface area contributed by atoms with Crippen LogP contribution in [0.25, 0.3) is 0 Å².